The van der Waals surface area contributed by atoms with E-state index in [1.165, 1.54) is 0 Å². The van der Waals surface area contributed by atoms with Gasteiger partial charge >= 0.3 is 0 Å². The van der Waals surface area contributed by atoms with Crippen molar-refractivity contribution >= 4 is 28.2 Å². The molecule has 0 aromatic heterocycles. The molecule has 2 unspecified atom stereocenters. The monoisotopic (exact) mass is 298 g/mol. The third-order valence-electron chi connectivity index (χ3n) is 3.20. The molecule has 1 rings (SSSR count). The summed E-state index contributed by atoms with van der Waals surface area (Å²) < 4.78 is 22.9. The first-order valence-corrected chi connectivity index (χ1v) is 7.89. The lowest BCUT2D eigenvalue weighted by atomic mass is 10.1. The Hall–Kier alpha value is -0.330. The van der Waals surface area contributed by atoms with Gasteiger partial charge in [0.2, 0.25) is 5.91 Å². The summed E-state index contributed by atoms with van der Waals surface area (Å²) in [6.07, 6.45) is 0.578. The number of carbonyl (C=O) groups excluding carboxylic acids is 1. The molecule has 0 aromatic rings. The van der Waals surface area contributed by atoms with Crippen LogP contribution in [0.3, 0.4) is 0 Å². The number of carbonyl (C=O) groups is 1. The standard InChI is InChI=1S/C11H22N2O3S.ClH/c1-4-13(11(14)9(2)7-12-3)10-5-6-17(15,16)8-10;/h9-10,12H,4-8H2,1-3H3;1H. The number of sulfone groups is 1. The molecule has 5 nitrogen and oxygen atoms in total. The first kappa shape index (κ1) is 17.7. The number of hydrogen-bond donors (Lipinski definition) is 1. The molecule has 0 radical (unpaired) electrons. The molecule has 1 aliphatic heterocycles. The van der Waals surface area contributed by atoms with Gasteiger partial charge in [-0.05, 0) is 20.4 Å². The number of amides is 1. The second-order valence-corrected chi connectivity index (χ2v) is 6.87. The minimum atomic E-state index is -2.93. The minimum absolute atomic E-state index is 0. The second-order valence-electron chi connectivity index (χ2n) is 4.64. The van der Waals surface area contributed by atoms with E-state index in [1.54, 1.807) is 11.9 Å². The Kier molecular flexibility index (Phi) is 7.17. The molecule has 2 atom stereocenters. The SMILES string of the molecule is CCN(C(=O)C(C)CNC)C1CCS(=O)(=O)C1.Cl. The van der Waals surface area contributed by atoms with Gasteiger partial charge < -0.3 is 10.2 Å². The van der Waals surface area contributed by atoms with Gasteiger partial charge in [0.25, 0.3) is 0 Å². The third kappa shape index (κ3) is 4.40. The Morgan fingerprint density at radius 2 is 2.11 bits per heavy atom. The van der Waals surface area contributed by atoms with Crippen LogP contribution in [0.2, 0.25) is 0 Å². The van der Waals surface area contributed by atoms with Gasteiger partial charge in [0.05, 0.1) is 11.5 Å². The van der Waals surface area contributed by atoms with Crippen LogP contribution in [0, 0.1) is 5.92 Å². The van der Waals surface area contributed by atoms with Gasteiger partial charge in [-0.2, -0.15) is 0 Å². The second kappa shape index (κ2) is 7.31. The predicted octanol–water partition coefficient (Wildman–Crippen LogP) is 0.299. The van der Waals surface area contributed by atoms with E-state index in [4.69, 9.17) is 0 Å². The number of halogens is 1. The lowest BCUT2D eigenvalue weighted by molar-refractivity contribution is -0.136. The Labute approximate surface area is 116 Å². The van der Waals surface area contributed by atoms with Gasteiger partial charge in [0, 0.05) is 25.0 Å². The van der Waals surface area contributed by atoms with Crippen molar-refractivity contribution in [2.45, 2.75) is 26.3 Å². The zero-order valence-electron chi connectivity index (χ0n) is 11.2. The molecule has 1 fully saturated rings. The number of hydrogen-bond acceptors (Lipinski definition) is 4. The van der Waals surface area contributed by atoms with E-state index in [-0.39, 0.29) is 41.8 Å². The van der Waals surface area contributed by atoms with E-state index in [0.717, 1.165) is 0 Å². The van der Waals surface area contributed by atoms with Crippen LogP contribution in [-0.2, 0) is 14.6 Å². The zero-order valence-corrected chi connectivity index (χ0v) is 12.8. The lowest BCUT2D eigenvalue weighted by Gasteiger charge is -2.29. The van der Waals surface area contributed by atoms with Crippen LogP contribution in [0.25, 0.3) is 0 Å². The molecule has 0 aromatic carbocycles. The van der Waals surface area contributed by atoms with Crippen molar-refractivity contribution in [2.24, 2.45) is 5.92 Å². The first-order chi connectivity index (χ1) is 7.91. The van der Waals surface area contributed by atoms with Crippen molar-refractivity contribution in [1.82, 2.24) is 10.2 Å². The summed E-state index contributed by atoms with van der Waals surface area (Å²) in [4.78, 5) is 13.9. The average molecular weight is 299 g/mol. The molecular formula is C11H23ClN2O3S. The molecule has 7 heteroatoms. The fraction of sp³-hybridized carbons (Fsp3) is 0.909. The molecule has 0 spiro atoms. The Morgan fingerprint density at radius 1 is 1.50 bits per heavy atom. The first-order valence-electron chi connectivity index (χ1n) is 6.06. The van der Waals surface area contributed by atoms with Crippen molar-refractivity contribution in [3.8, 4) is 0 Å². The van der Waals surface area contributed by atoms with Crippen molar-refractivity contribution in [3.05, 3.63) is 0 Å². The maximum absolute atomic E-state index is 12.2. The summed E-state index contributed by atoms with van der Waals surface area (Å²) in [6.45, 7) is 4.96. The molecule has 18 heavy (non-hydrogen) atoms. The van der Waals surface area contributed by atoms with E-state index >= 15 is 0 Å². The number of rotatable bonds is 5. The van der Waals surface area contributed by atoms with E-state index in [2.05, 4.69) is 5.32 Å². The van der Waals surface area contributed by atoms with E-state index < -0.39 is 9.84 Å². The maximum atomic E-state index is 12.2. The van der Waals surface area contributed by atoms with E-state index in [9.17, 15) is 13.2 Å². The van der Waals surface area contributed by atoms with Crippen LogP contribution in [0.4, 0.5) is 0 Å². The Balaban J connectivity index is 0.00000289. The number of nitrogens with zero attached hydrogens (tertiary/aromatic N) is 1. The lowest BCUT2D eigenvalue weighted by Crippen LogP contribution is -2.45. The average Bonchev–Trinajstić information content (AvgIpc) is 2.60. The van der Waals surface area contributed by atoms with Crippen LogP contribution >= 0.6 is 12.4 Å². The molecule has 1 N–H and O–H groups in total. The fourth-order valence-corrected chi connectivity index (χ4v) is 4.02. The van der Waals surface area contributed by atoms with Crippen LogP contribution < -0.4 is 5.32 Å². The Morgan fingerprint density at radius 3 is 2.50 bits per heavy atom. The summed E-state index contributed by atoms with van der Waals surface area (Å²) in [6, 6.07) is -0.128. The molecule has 0 saturated carbocycles. The summed E-state index contributed by atoms with van der Waals surface area (Å²) in [5.74, 6) is 0.271. The molecule has 1 saturated heterocycles. The fourth-order valence-electron chi connectivity index (χ4n) is 2.29. The van der Waals surface area contributed by atoms with Crippen molar-refractivity contribution in [2.75, 3.05) is 31.6 Å². The molecule has 108 valence electrons. The van der Waals surface area contributed by atoms with E-state index in [1.807, 2.05) is 13.8 Å². The summed E-state index contributed by atoms with van der Waals surface area (Å²) in [7, 11) is -1.13. The minimum Gasteiger partial charge on any atom is -0.339 e. The highest BCUT2D eigenvalue weighted by molar-refractivity contribution is 7.91. The maximum Gasteiger partial charge on any atom is 0.226 e. The normalized spacial score (nSPS) is 23.2. The highest BCUT2D eigenvalue weighted by atomic mass is 35.5. The molecule has 1 heterocycles. The molecular weight excluding hydrogens is 276 g/mol. The van der Waals surface area contributed by atoms with Crippen molar-refractivity contribution in [1.29, 1.82) is 0 Å². The van der Waals surface area contributed by atoms with Crippen LogP contribution in [0.5, 0.6) is 0 Å². The summed E-state index contributed by atoms with van der Waals surface area (Å²) in [5, 5.41) is 2.97. The highest BCUT2D eigenvalue weighted by Gasteiger charge is 2.34. The third-order valence-corrected chi connectivity index (χ3v) is 4.96. The van der Waals surface area contributed by atoms with Gasteiger partial charge in [-0.3, -0.25) is 4.79 Å². The van der Waals surface area contributed by atoms with E-state index in [0.29, 0.717) is 19.5 Å². The summed E-state index contributed by atoms with van der Waals surface area (Å²) in [5.41, 5.74) is 0. The largest absolute Gasteiger partial charge is 0.339 e. The van der Waals surface area contributed by atoms with Gasteiger partial charge in [0.1, 0.15) is 0 Å². The summed E-state index contributed by atoms with van der Waals surface area (Å²) >= 11 is 0. The Bertz CT molecular complexity index is 372. The van der Waals surface area contributed by atoms with Crippen molar-refractivity contribution in [3.63, 3.8) is 0 Å². The molecule has 1 aliphatic rings. The van der Waals surface area contributed by atoms with Crippen LogP contribution in [-0.4, -0.2) is 56.9 Å². The highest BCUT2D eigenvalue weighted by Crippen LogP contribution is 2.19. The topological polar surface area (TPSA) is 66.5 Å². The quantitative estimate of drug-likeness (QED) is 0.793. The van der Waals surface area contributed by atoms with Gasteiger partial charge in [-0.25, -0.2) is 8.42 Å². The van der Waals surface area contributed by atoms with Crippen LogP contribution in [0.15, 0.2) is 0 Å². The van der Waals surface area contributed by atoms with Crippen molar-refractivity contribution < 1.29 is 13.2 Å². The van der Waals surface area contributed by atoms with Gasteiger partial charge in [0.15, 0.2) is 9.84 Å². The molecule has 0 aliphatic carbocycles. The zero-order chi connectivity index (χ0) is 13.1. The smallest absolute Gasteiger partial charge is 0.226 e. The predicted molar refractivity (Wildman–Crippen MR) is 74.8 cm³/mol. The molecule has 0 bridgehead atoms. The number of nitrogens with one attached hydrogen (secondary N) is 1. The van der Waals surface area contributed by atoms with Gasteiger partial charge in [-0.1, -0.05) is 6.92 Å². The molecule has 1 amide bonds. The van der Waals surface area contributed by atoms with Gasteiger partial charge in [-0.15, -0.1) is 12.4 Å². The van der Waals surface area contributed by atoms with Crippen LogP contribution in [0.1, 0.15) is 20.3 Å².